The summed E-state index contributed by atoms with van der Waals surface area (Å²) in [5.41, 5.74) is 4.09. The highest BCUT2D eigenvalue weighted by Crippen LogP contribution is 2.38. The molecule has 1 saturated heterocycles. The van der Waals surface area contributed by atoms with Crippen molar-refractivity contribution in [3.05, 3.63) is 126 Å². The lowest BCUT2D eigenvalue weighted by Crippen LogP contribution is -2.40. The Morgan fingerprint density at radius 2 is 1.79 bits per heavy atom. The van der Waals surface area contributed by atoms with Crippen LogP contribution in [0, 0.1) is 5.92 Å². The monoisotopic (exact) mass is 618 g/mol. The van der Waals surface area contributed by atoms with Crippen LogP contribution in [0.4, 0.5) is 5.82 Å². The largest absolute Gasteiger partial charge is 0.349 e. The molecule has 0 spiro atoms. The second-order valence-corrected chi connectivity index (χ2v) is 12.6. The lowest BCUT2D eigenvalue weighted by atomic mass is 9.76. The van der Waals surface area contributed by atoms with E-state index in [1.54, 1.807) is 10.4 Å². The van der Waals surface area contributed by atoms with E-state index in [9.17, 15) is 8.42 Å². The van der Waals surface area contributed by atoms with Crippen molar-refractivity contribution in [1.82, 2.24) is 9.29 Å². The molecule has 2 heterocycles. The Labute approximate surface area is 263 Å². The van der Waals surface area contributed by atoms with E-state index in [0.717, 1.165) is 42.0 Å². The molecule has 0 N–H and O–H groups in total. The molecule has 43 heavy (non-hydrogen) atoms. The Morgan fingerprint density at radius 1 is 1.09 bits per heavy atom. The van der Waals surface area contributed by atoms with Crippen LogP contribution in [-0.2, 0) is 16.6 Å². The van der Waals surface area contributed by atoms with E-state index in [4.69, 9.17) is 11.6 Å². The number of allylic oxidation sites excluding steroid dienone is 1. The second kappa shape index (κ2) is 16.9. The van der Waals surface area contributed by atoms with E-state index in [-0.39, 0.29) is 11.8 Å². The van der Waals surface area contributed by atoms with Crippen LogP contribution in [-0.4, -0.2) is 49.3 Å². The first-order chi connectivity index (χ1) is 20.8. The molecule has 1 aromatic heterocycles. The van der Waals surface area contributed by atoms with Gasteiger partial charge in [0.2, 0.25) is 10.0 Å². The van der Waals surface area contributed by atoms with E-state index < -0.39 is 10.0 Å². The van der Waals surface area contributed by atoms with E-state index in [1.165, 1.54) is 18.0 Å². The van der Waals surface area contributed by atoms with Crippen LogP contribution in [0.15, 0.2) is 109 Å². The molecule has 3 aromatic rings. The normalized spacial score (nSPS) is 15.4. The molecule has 0 aliphatic carbocycles. The number of aromatic nitrogens is 1. The van der Waals surface area contributed by atoms with Gasteiger partial charge in [0.15, 0.2) is 0 Å². The van der Waals surface area contributed by atoms with Gasteiger partial charge in [-0.05, 0) is 65.8 Å². The molecule has 1 unspecified atom stereocenters. The molecule has 0 amide bonds. The average Bonchev–Trinajstić information content (AvgIpc) is 3.03. The number of benzene rings is 2. The lowest BCUT2D eigenvalue weighted by molar-refractivity contribution is 0.266. The summed E-state index contributed by atoms with van der Waals surface area (Å²) in [4.78, 5) is 11.4. The zero-order valence-electron chi connectivity index (χ0n) is 25.4. The first kappa shape index (κ1) is 34.0. The van der Waals surface area contributed by atoms with Gasteiger partial charge in [0, 0.05) is 55.2 Å². The van der Waals surface area contributed by atoms with E-state index in [1.807, 2.05) is 68.6 Å². The highest BCUT2D eigenvalue weighted by molar-refractivity contribution is 7.88. The van der Waals surface area contributed by atoms with Gasteiger partial charge < -0.3 is 4.90 Å². The van der Waals surface area contributed by atoms with Crippen LogP contribution in [0.3, 0.4) is 0 Å². The molecule has 0 radical (unpaired) electrons. The Hall–Kier alpha value is -3.52. The first-order valence-electron chi connectivity index (χ1n) is 14.7. The van der Waals surface area contributed by atoms with Gasteiger partial charge in [-0.25, -0.2) is 17.7 Å². The van der Waals surface area contributed by atoms with Gasteiger partial charge in [0.25, 0.3) is 0 Å². The number of sulfonamides is 1. The minimum Gasteiger partial charge on any atom is -0.349 e. The minimum absolute atomic E-state index is 0.0830. The van der Waals surface area contributed by atoms with Crippen molar-refractivity contribution in [3.63, 3.8) is 0 Å². The maximum Gasteiger partial charge on any atom is 0.211 e. The second-order valence-electron chi connectivity index (χ2n) is 10.1. The van der Waals surface area contributed by atoms with Gasteiger partial charge in [-0.1, -0.05) is 93.2 Å². The first-order valence-corrected chi connectivity index (χ1v) is 16.9. The summed E-state index contributed by atoms with van der Waals surface area (Å²) in [6, 6.07) is 22.2. The van der Waals surface area contributed by atoms with Crippen LogP contribution in [0.25, 0.3) is 6.08 Å². The summed E-state index contributed by atoms with van der Waals surface area (Å²) >= 11 is 6.50. The number of pyridine rings is 1. The van der Waals surface area contributed by atoms with Crippen LogP contribution in [0.5, 0.6) is 0 Å². The maximum absolute atomic E-state index is 12.1. The van der Waals surface area contributed by atoms with E-state index in [2.05, 4.69) is 58.4 Å². The number of nitrogens with zero attached hydrogens (tertiary/aromatic N) is 4. The van der Waals surface area contributed by atoms with Crippen LogP contribution in [0.2, 0.25) is 5.02 Å². The summed E-state index contributed by atoms with van der Waals surface area (Å²) in [6.07, 6.45) is 12.1. The summed E-state index contributed by atoms with van der Waals surface area (Å²) in [5, 5.41) is 0.644. The molecular weight excluding hydrogens is 576 g/mol. The van der Waals surface area contributed by atoms with Gasteiger partial charge in [-0.15, -0.1) is 0 Å². The molecule has 1 aliphatic rings. The van der Waals surface area contributed by atoms with E-state index in [0.29, 0.717) is 24.7 Å². The summed E-state index contributed by atoms with van der Waals surface area (Å²) in [5.74, 6) is 0.997. The average molecular weight is 619 g/mol. The Balaban J connectivity index is 0.00000248. The van der Waals surface area contributed by atoms with Crippen molar-refractivity contribution < 1.29 is 8.42 Å². The minimum atomic E-state index is -3.23. The summed E-state index contributed by atoms with van der Waals surface area (Å²) in [6.45, 7) is 14.2. The number of rotatable bonds is 12. The fraction of sp³-hybridized carbons (Fsp3) is 0.314. The fourth-order valence-electron chi connectivity index (χ4n) is 5.42. The zero-order valence-corrected chi connectivity index (χ0v) is 27.0. The molecule has 0 bridgehead atoms. The molecule has 1 aliphatic heterocycles. The predicted molar refractivity (Wildman–Crippen MR) is 183 cm³/mol. The standard InChI is InChI=1S/C33H37ClN4O2S.C2H6/c1-4-31(35-5-2)33(27-18-22-38(23-19-27)41(3,39)40)30-17-16-29(34)24-28(30)14-11-21-37(32-15-9-10-20-36-32)25-26-12-7-6-8-13-26;1-2/h4-17,20,24,27,33H,1-2,18-19,21-23,25H2,3H3;1-2H3/b14-11+,35-31?;. The molecule has 228 valence electrons. The van der Waals surface area contributed by atoms with Crippen LogP contribution < -0.4 is 4.90 Å². The molecule has 1 fully saturated rings. The number of piperidine rings is 1. The predicted octanol–water partition coefficient (Wildman–Crippen LogP) is 8.01. The third-order valence-corrected chi connectivity index (χ3v) is 8.94. The molecular formula is C35H43ClN4O2S. The highest BCUT2D eigenvalue weighted by Gasteiger charge is 2.33. The SMILES string of the molecule is C=CN=C(C=C)C(c1ccc(Cl)cc1/C=C/CN(Cc1ccccc1)c1ccccn1)C1CCN(S(C)(=O)=O)CC1.CC. The highest BCUT2D eigenvalue weighted by atomic mass is 35.5. The van der Waals surface area contributed by atoms with Gasteiger partial charge >= 0.3 is 0 Å². The number of hydrogen-bond donors (Lipinski definition) is 0. The van der Waals surface area contributed by atoms with E-state index >= 15 is 0 Å². The number of hydrogen-bond acceptors (Lipinski definition) is 5. The van der Waals surface area contributed by atoms with Crippen molar-refractivity contribution in [3.8, 4) is 0 Å². The Morgan fingerprint density at radius 3 is 2.40 bits per heavy atom. The van der Waals surface area contributed by atoms with Gasteiger partial charge in [0.1, 0.15) is 5.82 Å². The molecule has 6 nitrogen and oxygen atoms in total. The van der Waals surface area contributed by atoms with Crippen LogP contribution in [0.1, 0.15) is 49.3 Å². The lowest BCUT2D eigenvalue weighted by Gasteiger charge is -2.36. The van der Waals surface area contributed by atoms with Crippen molar-refractivity contribution >= 4 is 39.2 Å². The summed E-state index contributed by atoms with van der Waals surface area (Å²) < 4.78 is 25.9. The molecule has 2 aromatic carbocycles. The number of aliphatic imine (C=N–C) groups is 1. The maximum atomic E-state index is 12.1. The summed E-state index contributed by atoms with van der Waals surface area (Å²) in [7, 11) is -3.23. The fourth-order valence-corrected chi connectivity index (χ4v) is 6.48. The molecule has 4 rings (SSSR count). The van der Waals surface area contributed by atoms with Crippen molar-refractivity contribution in [1.29, 1.82) is 0 Å². The Kier molecular flexibility index (Phi) is 13.4. The topological polar surface area (TPSA) is 65.9 Å². The number of halogens is 1. The van der Waals surface area contributed by atoms with Gasteiger partial charge in [-0.2, -0.15) is 0 Å². The Bertz CT molecular complexity index is 1480. The quantitative estimate of drug-likeness (QED) is 0.193. The molecule has 8 heteroatoms. The molecule has 0 saturated carbocycles. The number of anilines is 1. The van der Waals surface area contributed by atoms with Crippen molar-refractivity contribution in [2.45, 2.75) is 39.2 Å². The third kappa shape index (κ3) is 9.75. The smallest absolute Gasteiger partial charge is 0.211 e. The zero-order chi connectivity index (χ0) is 31.2. The van der Waals surface area contributed by atoms with Crippen molar-refractivity contribution in [2.24, 2.45) is 10.9 Å². The molecule has 1 atom stereocenters. The van der Waals surface area contributed by atoms with Gasteiger partial charge in [-0.3, -0.25) is 4.99 Å². The van der Waals surface area contributed by atoms with Crippen LogP contribution >= 0.6 is 11.6 Å². The van der Waals surface area contributed by atoms with Crippen molar-refractivity contribution in [2.75, 3.05) is 30.8 Å². The third-order valence-electron chi connectivity index (χ3n) is 7.40. The van der Waals surface area contributed by atoms with Gasteiger partial charge in [0.05, 0.1) is 6.26 Å².